The number of carboxylic acid groups (broad SMARTS) is 1. The van der Waals surface area contributed by atoms with Crippen LogP contribution in [0.3, 0.4) is 0 Å². The molecule has 1 saturated heterocycles. The Hall–Kier alpha value is -3.55. The van der Waals surface area contributed by atoms with Gasteiger partial charge in [-0.05, 0) is 80.9 Å². The molecule has 2 fully saturated rings. The van der Waals surface area contributed by atoms with E-state index in [0.717, 1.165) is 69.5 Å². The molecule has 0 aromatic heterocycles. The van der Waals surface area contributed by atoms with Crippen molar-refractivity contribution in [3.63, 3.8) is 0 Å². The number of nitriles is 2. The fourth-order valence-corrected chi connectivity index (χ4v) is 6.50. The van der Waals surface area contributed by atoms with E-state index in [9.17, 15) is 15.2 Å². The van der Waals surface area contributed by atoms with Gasteiger partial charge >= 0.3 is 6.09 Å². The van der Waals surface area contributed by atoms with E-state index in [0.29, 0.717) is 12.2 Å². The molecule has 2 aromatic carbocycles. The molecule has 37 heavy (non-hydrogen) atoms. The first-order chi connectivity index (χ1) is 18.0. The van der Waals surface area contributed by atoms with E-state index in [2.05, 4.69) is 29.2 Å². The molecule has 2 aromatic rings. The summed E-state index contributed by atoms with van der Waals surface area (Å²) >= 11 is 0. The molecule has 194 valence electrons. The SMILES string of the molecule is CN(C(=O)O)[C@@H]1CCC[C@H]1C(C#N)(c1ccccc1)C1CCN(CCCOc2ccc(C#N)cc2)CC1. The first-order valence-electron chi connectivity index (χ1n) is 13.3. The van der Waals surface area contributed by atoms with E-state index in [4.69, 9.17) is 10.00 Å². The Morgan fingerprint density at radius 2 is 1.78 bits per heavy atom. The lowest BCUT2D eigenvalue weighted by atomic mass is 9.59. The lowest BCUT2D eigenvalue weighted by Gasteiger charge is -2.47. The molecule has 0 bridgehead atoms. The maximum atomic E-state index is 11.9. The van der Waals surface area contributed by atoms with Gasteiger partial charge in [-0.25, -0.2) is 4.79 Å². The van der Waals surface area contributed by atoms with Gasteiger partial charge in [0.1, 0.15) is 5.75 Å². The van der Waals surface area contributed by atoms with Gasteiger partial charge in [0.15, 0.2) is 0 Å². The average molecular weight is 501 g/mol. The van der Waals surface area contributed by atoms with E-state index in [1.807, 2.05) is 30.3 Å². The van der Waals surface area contributed by atoms with Gasteiger partial charge < -0.3 is 19.6 Å². The highest BCUT2D eigenvalue weighted by Crippen LogP contribution is 2.51. The van der Waals surface area contributed by atoms with Crippen LogP contribution >= 0.6 is 0 Å². The van der Waals surface area contributed by atoms with Gasteiger partial charge in [-0.15, -0.1) is 0 Å². The van der Waals surface area contributed by atoms with Crippen LogP contribution in [0.25, 0.3) is 0 Å². The monoisotopic (exact) mass is 500 g/mol. The lowest BCUT2D eigenvalue weighted by Crippen LogP contribution is -2.52. The minimum absolute atomic E-state index is 0.0154. The maximum Gasteiger partial charge on any atom is 0.407 e. The van der Waals surface area contributed by atoms with Crippen LogP contribution < -0.4 is 4.74 Å². The lowest BCUT2D eigenvalue weighted by molar-refractivity contribution is 0.0760. The number of ether oxygens (including phenoxy) is 1. The van der Waals surface area contributed by atoms with E-state index in [1.54, 1.807) is 19.2 Å². The van der Waals surface area contributed by atoms with Crippen molar-refractivity contribution in [1.29, 1.82) is 10.5 Å². The standard InChI is InChI=1S/C30H36N4O3/c1-33(29(35)36)28-10-5-9-27(28)30(22-32,24-7-3-2-4-8-24)25-15-18-34(19-16-25)17-6-20-37-26-13-11-23(21-31)12-14-26/h2-4,7-8,11-14,25,27-28H,5-6,9-10,15-20H2,1H3,(H,35,36)/t27-,28-,30?/m1/s1. The van der Waals surface area contributed by atoms with Crippen molar-refractivity contribution in [3.8, 4) is 17.9 Å². The molecule has 3 atom stereocenters. The predicted molar refractivity (Wildman–Crippen MR) is 141 cm³/mol. The number of hydrogen-bond acceptors (Lipinski definition) is 5. The van der Waals surface area contributed by atoms with E-state index >= 15 is 0 Å². The zero-order valence-electron chi connectivity index (χ0n) is 21.6. The molecule has 1 aliphatic carbocycles. The van der Waals surface area contributed by atoms with Gasteiger partial charge in [-0.1, -0.05) is 36.8 Å². The Bertz CT molecular complexity index is 1120. The van der Waals surface area contributed by atoms with E-state index in [-0.39, 0.29) is 17.9 Å². The van der Waals surface area contributed by atoms with E-state index < -0.39 is 11.5 Å². The number of likely N-dealkylation sites (tertiary alicyclic amines) is 1. The van der Waals surface area contributed by atoms with Crippen LogP contribution in [0.2, 0.25) is 0 Å². The van der Waals surface area contributed by atoms with E-state index in [1.165, 1.54) is 4.90 Å². The van der Waals surface area contributed by atoms with Crippen LogP contribution in [0.1, 0.15) is 49.7 Å². The van der Waals surface area contributed by atoms with Gasteiger partial charge in [-0.3, -0.25) is 0 Å². The summed E-state index contributed by atoms with van der Waals surface area (Å²) < 4.78 is 5.84. The number of piperidine rings is 1. The van der Waals surface area contributed by atoms with Crippen molar-refractivity contribution >= 4 is 6.09 Å². The zero-order valence-corrected chi connectivity index (χ0v) is 21.6. The maximum absolute atomic E-state index is 11.9. The molecule has 0 radical (unpaired) electrons. The molecule has 1 aliphatic heterocycles. The van der Waals surface area contributed by atoms with Crippen molar-refractivity contribution in [2.45, 2.75) is 50.0 Å². The first-order valence-corrected chi connectivity index (χ1v) is 13.3. The van der Waals surface area contributed by atoms with Crippen LogP contribution in [-0.4, -0.2) is 60.3 Å². The molecule has 1 saturated carbocycles. The smallest absolute Gasteiger partial charge is 0.407 e. The van der Waals surface area contributed by atoms with Crippen molar-refractivity contribution < 1.29 is 14.6 Å². The molecule has 1 amide bonds. The molecule has 1 heterocycles. The third-order valence-electron chi connectivity index (χ3n) is 8.40. The van der Waals surface area contributed by atoms with Crippen LogP contribution in [0, 0.1) is 34.5 Å². The van der Waals surface area contributed by atoms with Crippen LogP contribution in [-0.2, 0) is 5.41 Å². The molecule has 7 heteroatoms. The molecular formula is C30H36N4O3. The number of hydrogen-bond donors (Lipinski definition) is 1. The Kier molecular flexibility index (Phi) is 8.69. The highest BCUT2D eigenvalue weighted by atomic mass is 16.5. The molecule has 2 aliphatic rings. The second-order valence-electron chi connectivity index (χ2n) is 10.3. The summed E-state index contributed by atoms with van der Waals surface area (Å²) in [5.74, 6) is 0.939. The molecule has 4 rings (SSSR count). The van der Waals surface area contributed by atoms with Crippen molar-refractivity contribution in [1.82, 2.24) is 9.80 Å². The fourth-order valence-electron chi connectivity index (χ4n) is 6.50. The highest BCUT2D eigenvalue weighted by molar-refractivity contribution is 5.65. The van der Waals surface area contributed by atoms with Crippen LogP contribution in [0.4, 0.5) is 4.79 Å². The van der Waals surface area contributed by atoms with Crippen molar-refractivity contribution in [2.24, 2.45) is 11.8 Å². The quantitative estimate of drug-likeness (QED) is 0.470. The van der Waals surface area contributed by atoms with Crippen molar-refractivity contribution in [3.05, 3.63) is 65.7 Å². The second-order valence-corrected chi connectivity index (χ2v) is 10.3. The summed E-state index contributed by atoms with van der Waals surface area (Å²) in [6.45, 7) is 3.39. The number of benzene rings is 2. The minimum atomic E-state index is -0.921. The third kappa shape index (κ3) is 5.73. The van der Waals surface area contributed by atoms with Gasteiger partial charge in [0.25, 0.3) is 0 Å². The largest absolute Gasteiger partial charge is 0.494 e. The molecule has 0 spiro atoms. The predicted octanol–water partition coefficient (Wildman–Crippen LogP) is 5.28. The Morgan fingerprint density at radius 1 is 1.08 bits per heavy atom. The molecule has 1 unspecified atom stereocenters. The van der Waals surface area contributed by atoms with Gasteiger partial charge in [0.05, 0.1) is 29.7 Å². The third-order valence-corrected chi connectivity index (χ3v) is 8.40. The average Bonchev–Trinajstić information content (AvgIpc) is 3.43. The number of amides is 1. The van der Waals surface area contributed by atoms with Crippen LogP contribution in [0.5, 0.6) is 5.75 Å². The fraction of sp³-hybridized carbons (Fsp3) is 0.500. The van der Waals surface area contributed by atoms with Gasteiger partial charge in [0.2, 0.25) is 0 Å². The summed E-state index contributed by atoms with van der Waals surface area (Å²) in [7, 11) is 1.65. The number of nitrogens with zero attached hydrogens (tertiary/aromatic N) is 4. The first kappa shape index (κ1) is 26.5. The summed E-state index contributed by atoms with van der Waals surface area (Å²) in [5.41, 5.74) is 0.955. The van der Waals surface area contributed by atoms with Gasteiger partial charge in [0, 0.05) is 25.6 Å². The Morgan fingerprint density at radius 3 is 2.41 bits per heavy atom. The molecular weight excluding hydrogens is 464 g/mol. The minimum Gasteiger partial charge on any atom is -0.494 e. The summed E-state index contributed by atoms with van der Waals surface area (Å²) in [5, 5.41) is 29.4. The molecule has 7 nitrogen and oxygen atoms in total. The van der Waals surface area contributed by atoms with Gasteiger partial charge in [-0.2, -0.15) is 10.5 Å². The number of carbonyl (C=O) groups is 1. The summed E-state index contributed by atoms with van der Waals surface area (Å²) in [4.78, 5) is 15.7. The molecule has 1 N–H and O–H groups in total. The topological polar surface area (TPSA) is 101 Å². The second kappa shape index (κ2) is 12.1. The summed E-state index contributed by atoms with van der Waals surface area (Å²) in [6, 6.07) is 22.0. The highest BCUT2D eigenvalue weighted by Gasteiger charge is 2.53. The summed E-state index contributed by atoms with van der Waals surface area (Å²) in [6.07, 6.45) is 4.44. The number of rotatable bonds is 9. The Labute approximate surface area is 219 Å². The van der Waals surface area contributed by atoms with Crippen molar-refractivity contribution in [2.75, 3.05) is 33.3 Å². The van der Waals surface area contributed by atoms with Crippen LogP contribution in [0.15, 0.2) is 54.6 Å². The normalized spacial score (nSPS) is 21.9. The zero-order chi connectivity index (χ0) is 26.3. The Balaban J connectivity index is 1.41.